The van der Waals surface area contributed by atoms with E-state index in [4.69, 9.17) is 15.2 Å². The van der Waals surface area contributed by atoms with Gasteiger partial charge in [0.2, 0.25) is 0 Å². The number of nitriles is 1. The Hall–Kier alpha value is -2.72. The van der Waals surface area contributed by atoms with Crippen molar-refractivity contribution in [3.63, 3.8) is 0 Å². The van der Waals surface area contributed by atoms with E-state index in [1.165, 1.54) is 7.11 Å². The Morgan fingerprint density at radius 2 is 2.04 bits per heavy atom. The molecule has 1 aliphatic heterocycles. The van der Waals surface area contributed by atoms with Gasteiger partial charge in [0.25, 0.3) is 0 Å². The number of hydrogen-bond donors (Lipinski definition) is 1. The minimum Gasteiger partial charge on any atom is -0.467 e. The number of anilines is 1. The second kappa shape index (κ2) is 6.89. The van der Waals surface area contributed by atoms with Crippen molar-refractivity contribution < 1.29 is 9.47 Å². The molecule has 0 radical (unpaired) electrons. The fourth-order valence-electron chi connectivity index (χ4n) is 3.60. The lowest BCUT2D eigenvalue weighted by atomic mass is 9.82. The molecule has 0 spiro atoms. The number of nitrogens with zero attached hydrogens (tertiary/aromatic N) is 4. The Kier molecular flexibility index (Phi) is 4.79. The highest BCUT2D eigenvalue weighted by Crippen LogP contribution is 2.40. The zero-order chi connectivity index (χ0) is 18.9. The fourth-order valence-corrected chi connectivity index (χ4v) is 3.60. The van der Waals surface area contributed by atoms with Gasteiger partial charge in [-0.1, -0.05) is 0 Å². The lowest BCUT2D eigenvalue weighted by molar-refractivity contribution is -0.0598. The molecule has 136 valence electrons. The molecule has 26 heavy (non-hydrogen) atoms. The molecule has 0 bridgehead atoms. The van der Waals surface area contributed by atoms with E-state index < -0.39 is 0 Å². The van der Waals surface area contributed by atoms with Crippen molar-refractivity contribution >= 4 is 5.82 Å². The highest BCUT2D eigenvalue weighted by molar-refractivity contribution is 5.78. The maximum absolute atomic E-state index is 9.61. The number of ether oxygens (including phenoxy) is 2. The van der Waals surface area contributed by atoms with E-state index in [0.29, 0.717) is 12.2 Å². The minimum atomic E-state index is -0.205. The summed E-state index contributed by atoms with van der Waals surface area (Å²) in [6, 6.07) is 2.46. The van der Waals surface area contributed by atoms with Crippen molar-refractivity contribution in [2.75, 3.05) is 19.5 Å². The molecule has 0 unspecified atom stereocenters. The lowest BCUT2D eigenvalue weighted by Crippen LogP contribution is -2.33. The third-order valence-electron chi connectivity index (χ3n) is 4.80. The minimum absolute atomic E-state index is 0.205. The van der Waals surface area contributed by atoms with Crippen molar-refractivity contribution in [2.24, 2.45) is 0 Å². The van der Waals surface area contributed by atoms with Gasteiger partial charge in [0.1, 0.15) is 17.5 Å². The first-order valence-corrected chi connectivity index (χ1v) is 8.56. The van der Waals surface area contributed by atoms with Crippen LogP contribution in [-0.4, -0.2) is 34.3 Å². The molecule has 3 heterocycles. The van der Waals surface area contributed by atoms with Gasteiger partial charge in [0.05, 0.1) is 12.7 Å². The van der Waals surface area contributed by atoms with Gasteiger partial charge >= 0.3 is 6.01 Å². The number of hydrogen-bond acceptors (Lipinski definition) is 7. The fraction of sp³-hybridized carbons (Fsp3) is 0.474. The maximum atomic E-state index is 9.61. The highest BCUT2D eigenvalue weighted by Gasteiger charge is 2.32. The summed E-state index contributed by atoms with van der Waals surface area (Å²) in [6.07, 6.45) is 5.02. The van der Waals surface area contributed by atoms with Gasteiger partial charge in [-0.15, -0.1) is 0 Å². The molecule has 1 atom stereocenters. The number of methoxy groups -OCH3 is 1. The molecule has 0 saturated carbocycles. The van der Waals surface area contributed by atoms with Crippen molar-refractivity contribution in [3.05, 3.63) is 29.2 Å². The predicted molar refractivity (Wildman–Crippen MR) is 97.7 cm³/mol. The average Bonchev–Trinajstić information content (AvgIpc) is 2.62. The number of nitrogen functional groups attached to an aromatic ring is 1. The van der Waals surface area contributed by atoms with E-state index in [9.17, 15) is 5.26 Å². The molecule has 1 saturated heterocycles. The molecule has 0 aliphatic carbocycles. The Morgan fingerprint density at radius 3 is 2.62 bits per heavy atom. The molecule has 7 heteroatoms. The van der Waals surface area contributed by atoms with Crippen molar-refractivity contribution in [3.8, 4) is 23.2 Å². The van der Waals surface area contributed by atoms with Crippen LogP contribution in [0.1, 0.15) is 49.4 Å². The molecule has 1 fully saturated rings. The average molecular weight is 353 g/mol. The van der Waals surface area contributed by atoms with Gasteiger partial charge in [-0.25, -0.2) is 15.0 Å². The highest BCUT2D eigenvalue weighted by atomic mass is 16.5. The molecule has 2 N–H and O–H groups in total. The van der Waals surface area contributed by atoms with Gasteiger partial charge in [0, 0.05) is 41.7 Å². The van der Waals surface area contributed by atoms with E-state index in [2.05, 4.69) is 34.9 Å². The molecule has 0 aromatic carbocycles. The summed E-state index contributed by atoms with van der Waals surface area (Å²) >= 11 is 0. The van der Waals surface area contributed by atoms with E-state index in [1.54, 1.807) is 12.4 Å². The van der Waals surface area contributed by atoms with Crippen LogP contribution in [0.2, 0.25) is 0 Å². The molecule has 2 aromatic heterocycles. The summed E-state index contributed by atoms with van der Waals surface area (Å²) in [6.45, 7) is 6.82. The maximum Gasteiger partial charge on any atom is 0.316 e. The number of aromatic nitrogens is 3. The SMILES string of the molecule is COc1ncc(-c2c(C)c([C@@H]3CCOC(C)(C)C3)nc(N)c2C#N)cn1. The van der Waals surface area contributed by atoms with Crippen LogP contribution in [0.4, 0.5) is 5.82 Å². The summed E-state index contributed by atoms with van der Waals surface area (Å²) in [5.41, 5.74) is 9.61. The lowest BCUT2D eigenvalue weighted by Gasteiger charge is -2.36. The largest absolute Gasteiger partial charge is 0.467 e. The van der Waals surface area contributed by atoms with E-state index in [-0.39, 0.29) is 23.3 Å². The third-order valence-corrected chi connectivity index (χ3v) is 4.80. The van der Waals surface area contributed by atoms with Crippen LogP contribution in [0.15, 0.2) is 12.4 Å². The van der Waals surface area contributed by atoms with E-state index >= 15 is 0 Å². The van der Waals surface area contributed by atoms with Crippen LogP contribution in [-0.2, 0) is 4.74 Å². The van der Waals surface area contributed by atoms with E-state index in [0.717, 1.165) is 35.2 Å². The molecule has 0 amide bonds. The third kappa shape index (κ3) is 3.33. The molecule has 1 aliphatic rings. The second-order valence-electron chi connectivity index (χ2n) is 7.13. The summed E-state index contributed by atoms with van der Waals surface area (Å²) in [5.74, 6) is 0.468. The standard InChI is InChI=1S/C19H23N5O2/c1-11-15(13-9-22-18(25-4)23-10-13)14(8-20)17(21)24-16(11)12-5-6-26-19(2,3)7-12/h9-10,12H,5-7H2,1-4H3,(H2,21,24)/t12-/m1/s1. The summed E-state index contributed by atoms with van der Waals surface area (Å²) < 4.78 is 10.8. The Morgan fingerprint density at radius 1 is 1.35 bits per heavy atom. The van der Waals surface area contributed by atoms with Gasteiger partial charge in [-0.3, -0.25) is 0 Å². The first-order valence-electron chi connectivity index (χ1n) is 8.56. The predicted octanol–water partition coefficient (Wildman–Crippen LogP) is 2.98. The van der Waals surface area contributed by atoms with Crippen molar-refractivity contribution in [2.45, 2.75) is 45.1 Å². The first-order chi connectivity index (χ1) is 12.4. The van der Waals surface area contributed by atoms with Crippen LogP contribution >= 0.6 is 0 Å². The summed E-state index contributed by atoms with van der Waals surface area (Å²) in [7, 11) is 1.51. The van der Waals surface area contributed by atoms with Gasteiger partial charge < -0.3 is 15.2 Å². The van der Waals surface area contributed by atoms with Crippen LogP contribution in [0.3, 0.4) is 0 Å². The zero-order valence-electron chi connectivity index (χ0n) is 15.5. The molecule has 3 rings (SSSR count). The second-order valence-corrected chi connectivity index (χ2v) is 7.13. The molecular formula is C19H23N5O2. The van der Waals surface area contributed by atoms with Crippen LogP contribution in [0, 0.1) is 18.3 Å². The monoisotopic (exact) mass is 353 g/mol. The van der Waals surface area contributed by atoms with Gasteiger partial charge in [0.15, 0.2) is 0 Å². The zero-order valence-corrected chi connectivity index (χ0v) is 15.5. The van der Waals surface area contributed by atoms with Crippen molar-refractivity contribution in [1.82, 2.24) is 15.0 Å². The summed E-state index contributed by atoms with van der Waals surface area (Å²) in [4.78, 5) is 12.9. The smallest absolute Gasteiger partial charge is 0.316 e. The van der Waals surface area contributed by atoms with Crippen LogP contribution in [0.25, 0.3) is 11.1 Å². The molecular weight excluding hydrogens is 330 g/mol. The topological polar surface area (TPSA) is 107 Å². The first kappa shape index (κ1) is 18.1. The quantitative estimate of drug-likeness (QED) is 0.903. The normalized spacial score (nSPS) is 19.0. The van der Waals surface area contributed by atoms with Gasteiger partial charge in [-0.05, 0) is 39.2 Å². The number of nitrogens with two attached hydrogens (primary N) is 1. The Balaban J connectivity index is 2.14. The number of pyridine rings is 1. The van der Waals surface area contributed by atoms with Gasteiger partial charge in [-0.2, -0.15) is 5.26 Å². The number of rotatable bonds is 3. The van der Waals surface area contributed by atoms with Crippen LogP contribution in [0.5, 0.6) is 6.01 Å². The Bertz CT molecular complexity index is 856. The van der Waals surface area contributed by atoms with E-state index in [1.807, 2.05) is 6.92 Å². The molecule has 7 nitrogen and oxygen atoms in total. The van der Waals surface area contributed by atoms with Crippen LogP contribution < -0.4 is 10.5 Å². The summed E-state index contributed by atoms with van der Waals surface area (Å²) in [5, 5.41) is 9.61. The Labute approximate surface area is 153 Å². The molecule has 2 aromatic rings. The van der Waals surface area contributed by atoms with Crippen molar-refractivity contribution in [1.29, 1.82) is 5.26 Å².